The van der Waals surface area contributed by atoms with Crippen molar-refractivity contribution in [3.05, 3.63) is 46.2 Å². The van der Waals surface area contributed by atoms with Crippen LogP contribution in [0.3, 0.4) is 0 Å². The fourth-order valence-electron chi connectivity index (χ4n) is 3.52. The van der Waals surface area contributed by atoms with E-state index in [9.17, 15) is 9.59 Å². The highest BCUT2D eigenvalue weighted by Gasteiger charge is 2.37. The summed E-state index contributed by atoms with van der Waals surface area (Å²) < 4.78 is 0. The fraction of sp³-hybridized carbons (Fsp3) is 0.444. The maximum absolute atomic E-state index is 12.5. The number of hydrogen-bond donors (Lipinski definition) is 3. The number of para-hydroxylation sites is 1. The summed E-state index contributed by atoms with van der Waals surface area (Å²) in [6.07, 6.45) is 3.82. The van der Waals surface area contributed by atoms with E-state index >= 15 is 0 Å². The molecule has 1 aliphatic carbocycles. The van der Waals surface area contributed by atoms with Crippen molar-refractivity contribution in [1.29, 1.82) is 0 Å². The van der Waals surface area contributed by atoms with E-state index in [4.69, 9.17) is 5.73 Å². The van der Waals surface area contributed by atoms with Crippen LogP contribution in [0.1, 0.15) is 38.2 Å². The van der Waals surface area contributed by atoms with Gasteiger partial charge in [-0.3, -0.25) is 9.59 Å². The van der Waals surface area contributed by atoms with Gasteiger partial charge >= 0.3 is 0 Å². The van der Waals surface area contributed by atoms with Crippen molar-refractivity contribution in [1.82, 2.24) is 10.3 Å². The molecule has 0 radical (unpaired) electrons. The largest absolute Gasteiger partial charge is 0.352 e. The van der Waals surface area contributed by atoms with Crippen LogP contribution in [0, 0.1) is 5.92 Å². The van der Waals surface area contributed by atoms with E-state index in [0.717, 1.165) is 42.1 Å². The van der Waals surface area contributed by atoms with Crippen LogP contribution in [0.15, 0.2) is 35.1 Å². The minimum atomic E-state index is -0.446. The molecule has 1 heterocycles. The van der Waals surface area contributed by atoms with Crippen molar-refractivity contribution < 1.29 is 4.79 Å². The first-order valence-corrected chi connectivity index (χ1v) is 8.15. The fourth-order valence-corrected chi connectivity index (χ4v) is 3.52. The van der Waals surface area contributed by atoms with Gasteiger partial charge in [-0.2, -0.15) is 0 Å². The van der Waals surface area contributed by atoms with Gasteiger partial charge in [0.25, 0.3) is 0 Å². The zero-order valence-corrected chi connectivity index (χ0v) is 13.4. The lowest BCUT2D eigenvalue weighted by atomic mass is 9.74. The van der Waals surface area contributed by atoms with E-state index < -0.39 is 5.54 Å². The molecule has 1 aromatic carbocycles. The van der Waals surface area contributed by atoms with E-state index in [-0.39, 0.29) is 17.4 Å². The van der Waals surface area contributed by atoms with Gasteiger partial charge in [0.15, 0.2) is 0 Å². The second-order valence-corrected chi connectivity index (χ2v) is 6.73. The third-order valence-electron chi connectivity index (χ3n) is 4.86. The summed E-state index contributed by atoms with van der Waals surface area (Å²) in [5.74, 6) is -0.177. The molecule has 122 valence electrons. The Hall–Kier alpha value is -2.14. The summed E-state index contributed by atoms with van der Waals surface area (Å²) in [5.41, 5.74) is 7.30. The number of carbonyl (C=O) groups excluding carboxylic acids is 1. The Morgan fingerprint density at radius 3 is 2.96 bits per heavy atom. The zero-order valence-electron chi connectivity index (χ0n) is 13.4. The number of pyridine rings is 1. The number of amides is 1. The standard InChI is InChI=1S/C18H23N3O2/c1-18(19)9-5-4-7-14(18)17(23)20-11-12-10-16(22)21-15-8-3-2-6-13(12)15/h2-3,6,8,10,14H,4-5,7,9,11,19H2,1H3,(H,20,23)(H,21,22). The second-order valence-electron chi connectivity index (χ2n) is 6.73. The summed E-state index contributed by atoms with van der Waals surface area (Å²) in [4.78, 5) is 27.1. The lowest BCUT2D eigenvalue weighted by Crippen LogP contribution is -2.52. The van der Waals surface area contributed by atoms with E-state index in [1.54, 1.807) is 6.07 Å². The van der Waals surface area contributed by atoms with Crippen molar-refractivity contribution in [3.8, 4) is 0 Å². The molecule has 1 saturated carbocycles. The highest BCUT2D eigenvalue weighted by Crippen LogP contribution is 2.31. The summed E-state index contributed by atoms with van der Waals surface area (Å²) in [6.45, 7) is 2.30. The maximum Gasteiger partial charge on any atom is 0.248 e. The number of fused-ring (bicyclic) bond motifs is 1. The van der Waals surface area contributed by atoms with Gasteiger partial charge in [0.1, 0.15) is 0 Å². The summed E-state index contributed by atoms with van der Waals surface area (Å²) in [7, 11) is 0. The number of H-pyrrole nitrogens is 1. The predicted octanol–water partition coefficient (Wildman–Crippen LogP) is 2.05. The third-order valence-corrected chi connectivity index (χ3v) is 4.86. The highest BCUT2D eigenvalue weighted by atomic mass is 16.2. The number of nitrogens with two attached hydrogens (primary N) is 1. The van der Waals surface area contributed by atoms with Crippen LogP contribution >= 0.6 is 0 Å². The van der Waals surface area contributed by atoms with Gasteiger partial charge in [0.05, 0.1) is 5.92 Å². The van der Waals surface area contributed by atoms with Crippen LogP contribution in [0.5, 0.6) is 0 Å². The van der Waals surface area contributed by atoms with Gasteiger partial charge < -0.3 is 16.0 Å². The average Bonchev–Trinajstić information content (AvgIpc) is 2.51. The van der Waals surface area contributed by atoms with Crippen LogP contribution in [0.25, 0.3) is 10.9 Å². The molecule has 1 fully saturated rings. The van der Waals surface area contributed by atoms with Crippen molar-refractivity contribution in [2.45, 2.75) is 44.7 Å². The Balaban J connectivity index is 1.78. The van der Waals surface area contributed by atoms with Gasteiger partial charge in [-0.15, -0.1) is 0 Å². The first-order valence-electron chi connectivity index (χ1n) is 8.15. The summed E-state index contributed by atoms with van der Waals surface area (Å²) in [6, 6.07) is 9.15. The molecule has 0 spiro atoms. The molecule has 1 aliphatic rings. The maximum atomic E-state index is 12.5. The summed E-state index contributed by atoms with van der Waals surface area (Å²) in [5, 5.41) is 3.92. The number of carbonyl (C=O) groups is 1. The number of aromatic amines is 1. The predicted molar refractivity (Wildman–Crippen MR) is 91.0 cm³/mol. The van der Waals surface area contributed by atoms with Crippen LogP contribution in [-0.4, -0.2) is 16.4 Å². The van der Waals surface area contributed by atoms with Gasteiger partial charge in [-0.05, 0) is 31.4 Å². The van der Waals surface area contributed by atoms with Gasteiger partial charge in [0.2, 0.25) is 11.5 Å². The molecule has 2 aromatic rings. The van der Waals surface area contributed by atoms with E-state index in [2.05, 4.69) is 10.3 Å². The smallest absolute Gasteiger partial charge is 0.248 e. The van der Waals surface area contributed by atoms with Gasteiger partial charge in [-0.1, -0.05) is 31.0 Å². The van der Waals surface area contributed by atoms with Crippen LogP contribution in [-0.2, 0) is 11.3 Å². The minimum Gasteiger partial charge on any atom is -0.352 e. The Bertz CT molecular complexity index is 779. The lowest BCUT2D eigenvalue weighted by Gasteiger charge is -2.37. The molecule has 23 heavy (non-hydrogen) atoms. The number of aromatic nitrogens is 1. The van der Waals surface area contributed by atoms with E-state index in [0.29, 0.717) is 6.54 Å². The first-order chi connectivity index (χ1) is 11.0. The van der Waals surface area contributed by atoms with Gasteiger partial charge in [0, 0.05) is 29.1 Å². The van der Waals surface area contributed by atoms with Crippen LogP contribution in [0.4, 0.5) is 0 Å². The topological polar surface area (TPSA) is 88.0 Å². The molecule has 0 aliphatic heterocycles. The first kappa shape index (κ1) is 15.7. The number of hydrogen-bond acceptors (Lipinski definition) is 3. The zero-order chi connectivity index (χ0) is 16.4. The minimum absolute atomic E-state index is 0.0148. The molecular formula is C18H23N3O2. The molecule has 5 heteroatoms. The molecule has 2 atom stereocenters. The molecule has 1 amide bonds. The number of nitrogens with one attached hydrogen (secondary N) is 2. The van der Waals surface area contributed by atoms with E-state index in [1.807, 2.05) is 31.2 Å². The average molecular weight is 313 g/mol. The lowest BCUT2D eigenvalue weighted by molar-refractivity contribution is -0.128. The van der Waals surface area contributed by atoms with Crippen molar-refractivity contribution in [2.75, 3.05) is 0 Å². The summed E-state index contributed by atoms with van der Waals surface area (Å²) >= 11 is 0. The quantitative estimate of drug-likeness (QED) is 0.810. The molecule has 5 nitrogen and oxygen atoms in total. The number of rotatable bonds is 3. The van der Waals surface area contributed by atoms with Gasteiger partial charge in [-0.25, -0.2) is 0 Å². The van der Waals surface area contributed by atoms with Crippen LogP contribution in [0.2, 0.25) is 0 Å². The van der Waals surface area contributed by atoms with Crippen molar-refractivity contribution in [2.24, 2.45) is 11.7 Å². The Morgan fingerprint density at radius 2 is 2.17 bits per heavy atom. The molecule has 2 unspecified atom stereocenters. The molecule has 0 bridgehead atoms. The molecule has 1 aromatic heterocycles. The van der Waals surface area contributed by atoms with Crippen molar-refractivity contribution in [3.63, 3.8) is 0 Å². The molecule has 3 rings (SSSR count). The Morgan fingerprint density at radius 1 is 1.39 bits per heavy atom. The highest BCUT2D eigenvalue weighted by molar-refractivity contribution is 5.83. The second kappa shape index (κ2) is 6.16. The molecule has 4 N–H and O–H groups in total. The molecular weight excluding hydrogens is 290 g/mol. The van der Waals surface area contributed by atoms with Crippen molar-refractivity contribution >= 4 is 16.8 Å². The normalized spacial score (nSPS) is 24.5. The monoisotopic (exact) mass is 313 g/mol. The third kappa shape index (κ3) is 3.29. The SMILES string of the molecule is CC1(N)CCCCC1C(=O)NCc1cc(=O)[nH]c2ccccc12. The number of benzene rings is 1. The molecule has 0 saturated heterocycles. The Kier molecular flexibility index (Phi) is 4.22. The Labute approximate surface area is 135 Å². The van der Waals surface area contributed by atoms with Crippen LogP contribution < -0.4 is 16.6 Å². The van der Waals surface area contributed by atoms with E-state index in [1.165, 1.54) is 0 Å².